The van der Waals surface area contributed by atoms with Crippen LogP contribution in [-0.4, -0.2) is 12.9 Å². The van der Waals surface area contributed by atoms with Crippen molar-refractivity contribution in [2.24, 2.45) is 0 Å². The molecule has 1 atom stereocenters. The van der Waals surface area contributed by atoms with Gasteiger partial charge in [0.2, 0.25) is 0 Å². The molecule has 0 spiro atoms. The van der Waals surface area contributed by atoms with E-state index >= 15 is 0 Å². The second-order valence-electron chi connectivity index (χ2n) is 4.52. The van der Waals surface area contributed by atoms with E-state index in [-0.39, 0.29) is 11.8 Å². The van der Waals surface area contributed by atoms with E-state index in [4.69, 9.17) is 0 Å². The molecule has 1 heterocycles. The van der Waals surface area contributed by atoms with Gasteiger partial charge in [-0.25, -0.2) is 0 Å². The molecule has 0 aliphatic heterocycles. The minimum absolute atomic E-state index is 0.00936. The molecule has 1 aromatic heterocycles. The zero-order valence-electron chi connectivity index (χ0n) is 11.5. The maximum absolute atomic E-state index is 12.2. The van der Waals surface area contributed by atoms with Gasteiger partial charge in [0, 0.05) is 4.88 Å². The quantitative estimate of drug-likeness (QED) is 0.831. The molecule has 0 saturated heterocycles. The van der Waals surface area contributed by atoms with Crippen LogP contribution >= 0.6 is 11.3 Å². The van der Waals surface area contributed by atoms with E-state index in [1.54, 1.807) is 23.5 Å². The van der Waals surface area contributed by atoms with Crippen LogP contribution in [0.2, 0.25) is 0 Å². The van der Waals surface area contributed by atoms with Gasteiger partial charge >= 0.3 is 6.36 Å². The maximum atomic E-state index is 12.2. The van der Waals surface area contributed by atoms with Crippen LogP contribution in [0.3, 0.4) is 0 Å². The highest BCUT2D eigenvalue weighted by Crippen LogP contribution is 2.29. The van der Waals surface area contributed by atoms with Crippen LogP contribution < -0.4 is 10.1 Å². The third-order valence-electron chi connectivity index (χ3n) is 2.87. The Kier molecular flexibility index (Phi) is 5.25. The zero-order chi connectivity index (χ0) is 15.3. The maximum Gasteiger partial charge on any atom is 0.573 e. The van der Waals surface area contributed by atoms with Crippen molar-refractivity contribution < 1.29 is 17.9 Å². The van der Waals surface area contributed by atoms with Crippen LogP contribution in [0.15, 0.2) is 41.8 Å². The summed E-state index contributed by atoms with van der Waals surface area (Å²) < 4.78 is 40.4. The second-order valence-corrected chi connectivity index (χ2v) is 5.50. The van der Waals surface area contributed by atoms with Crippen LogP contribution in [0, 0.1) is 0 Å². The molecule has 0 amide bonds. The van der Waals surface area contributed by atoms with Gasteiger partial charge in [-0.05, 0) is 42.1 Å². The van der Waals surface area contributed by atoms with E-state index in [0.717, 1.165) is 23.4 Å². The van der Waals surface area contributed by atoms with Gasteiger partial charge < -0.3 is 10.1 Å². The van der Waals surface area contributed by atoms with Crippen molar-refractivity contribution in [3.63, 3.8) is 0 Å². The summed E-state index contributed by atoms with van der Waals surface area (Å²) in [5, 5.41) is 5.39. The number of ether oxygens (including phenoxy) is 1. The van der Waals surface area contributed by atoms with Gasteiger partial charge in [-0.2, -0.15) is 0 Å². The smallest absolute Gasteiger partial charge is 0.406 e. The molecule has 1 aromatic carbocycles. The van der Waals surface area contributed by atoms with Crippen molar-refractivity contribution in [2.45, 2.75) is 25.7 Å². The summed E-state index contributed by atoms with van der Waals surface area (Å²) in [5.41, 5.74) is 0.917. The van der Waals surface area contributed by atoms with Crippen molar-refractivity contribution in [1.29, 1.82) is 0 Å². The molecule has 2 rings (SSSR count). The summed E-state index contributed by atoms with van der Waals surface area (Å²) in [7, 11) is 0. The lowest BCUT2D eigenvalue weighted by Crippen LogP contribution is -2.22. The van der Waals surface area contributed by atoms with E-state index in [1.165, 1.54) is 12.1 Å². The van der Waals surface area contributed by atoms with E-state index < -0.39 is 6.36 Å². The molecule has 0 fully saturated rings. The van der Waals surface area contributed by atoms with Crippen LogP contribution in [0.4, 0.5) is 13.2 Å². The molecule has 2 nitrogen and oxygen atoms in total. The lowest BCUT2D eigenvalue weighted by Gasteiger charge is -2.18. The average molecular weight is 315 g/mol. The van der Waals surface area contributed by atoms with Crippen molar-refractivity contribution in [3.8, 4) is 5.75 Å². The van der Waals surface area contributed by atoms with E-state index in [0.29, 0.717) is 0 Å². The first kappa shape index (κ1) is 15.9. The third kappa shape index (κ3) is 4.75. The van der Waals surface area contributed by atoms with Gasteiger partial charge in [0.1, 0.15) is 5.75 Å². The second kappa shape index (κ2) is 6.95. The highest BCUT2D eigenvalue weighted by molar-refractivity contribution is 7.10. The van der Waals surface area contributed by atoms with Gasteiger partial charge in [0.15, 0.2) is 0 Å². The Bertz CT molecular complexity index is 537. The van der Waals surface area contributed by atoms with Gasteiger partial charge in [0.05, 0.1) is 6.04 Å². The van der Waals surface area contributed by atoms with Gasteiger partial charge in [-0.1, -0.05) is 25.1 Å². The van der Waals surface area contributed by atoms with E-state index in [2.05, 4.69) is 17.0 Å². The van der Waals surface area contributed by atoms with Gasteiger partial charge in [-0.3, -0.25) is 0 Å². The fraction of sp³-hybridized carbons (Fsp3) is 0.333. The molecule has 0 radical (unpaired) electrons. The molecule has 2 aromatic rings. The Balaban J connectivity index is 2.17. The van der Waals surface area contributed by atoms with Crippen LogP contribution in [0.5, 0.6) is 5.75 Å². The molecule has 21 heavy (non-hydrogen) atoms. The van der Waals surface area contributed by atoms with Crippen LogP contribution in [0.25, 0.3) is 0 Å². The van der Waals surface area contributed by atoms with Crippen molar-refractivity contribution in [2.75, 3.05) is 6.54 Å². The predicted molar refractivity (Wildman–Crippen MR) is 77.6 cm³/mol. The summed E-state index contributed by atoms with van der Waals surface area (Å²) in [6.45, 7) is 2.90. The monoisotopic (exact) mass is 315 g/mol. The highest BCUT2D eigenvalue weighted by atomic mass is 32.1. The molecule has 1 unspecified atom stereocenters. The lowest BCUT2D eigenvalue weighted by atomic mass is 10.1. The molecular weight excluding hydrogens is 299 g/mol. The fourth-order valence-corrected chi connectivity index (χ4v) is 2.82. The fourth-order valence-electron chi connectivity index (χ4n) is 1.99. The first-order valence-electron chi connectivity index (χ1n) is 6.62. The van der Waals surface area contributed by atoms with Crippen LogP contribution in [0.1, 0.15) is 29.8 Å². The highest BCUT2D eigenvalue weighted by Gasteiger charge is 2.31. The Morgan fingerprint density at radius 3 is 2.43 bits per heavy atom. The molecule has 1 N–H and O–H groups in total. The number of alkyl halides is 3. The lowest BCUT2D eigenvalue weighted by molar-refractivity contribution is -0.274. The van der Waals surface area contributed by atoms with E-state index in [9.17, 15) is 13.2 Å². The van der Waals surface area contributed by atoms with E-state index in [1.807, 2.05) is 17.5 Å². The predicted octanol–water partition coefficient (Wildman–Crippen LogP) is 4.74. The molecule has 114 valence electrons. The number of hydrogen-bond acceptors (Lipinski definition) is 3. The Labute approximate surface area is 125 Å². The topological polar surface area (TPSA) is 21.3 Å². The number of nitrogens with one attached hydrogen (secondary N) is 1. The summed E-state index contributed by atoms with van der Waals surface area (Å²) in [4.78, 5) is 1.13. The van der Waals surface area contributed by atoms with Gasteiger partial charge in [0.25, 0.3) is 0 Å². The third-order valence-corrected chi connectivity index (χ3v) is 3.81. The molecule has 6 heteroatoms. The summed E-state index contributed by atoms with van der Waals surface area (Å²) in [6, 6.07) is 9.97. The number of halogens is 3. The number of hydrogen-bond donors (Lipinski definition) is 1. The minimum atomic E-state index is -4.66. The first-order valence-corrected chi connectivity index (χ1v) is 7.50. The standard InChI is InChI=1S/C15H16F3NOS/c1-2-9-19-14(13-4-3-10-21-13)11-5-7-12(8-6-11)20-15(16,17)18/h3-8,10,14,19H,2,9H2,1H3. The SMILES string of the molecule is CCCNC(c1ccc(OC(F)(F)F)cc1)c1cccs1. The minimum Gasteiger partial charge on any atom is -0.406 e. The van der Waals surface area contributed by atoms with Gasteiger partial charge in [-0.15, -0.1) is 24.5 Å². The number of benzene rings is 1. The molecule has 0 aliphatic rings. The zero-order valence-corrected chi connectivity index (χ0v) is 12.3. The van der Waals surface area contributed by atoms with Crippen molar-refractivity contribution in [3.05, 3.63) is 52.2 Å². The van der Waals surface area contributed by atoms with Crippen molar-refractivity contribution in [1.82, 2.24) is 5.32 Å². The first-order chi connectivity index (χ1) is 9.99. The molecule has 0 saturated carbocycles. The molecule has 0 aliphatic carbocycles. The molecular formula is C15H16F3NOS. The largest absolute Gasteiger partial charge is 0.573 e. The van der Waals surface area contributed by atoms with Crippen LogP contribution in [-0.2, 0) is 0 Å². The Hall–Kier alpha value is -1.53. The average Bonchev–Trinajstić information content (AvgIpc) is 2.93. The summed E-state index contributed by atoms with van der Waals surface area (Å²) in [5.74, 6) is -0.202. The Morgan fingerprint density at radius 2 is 1.90 bits per heavy atom. The number of rotatable bonds is 6. The molecule has 0 bridgehead atoms. The summed E-state index contributed by atoms with van der Waals surface area (Å²) >= 11 is 1.62. The normalized spacial score (nSPS) is 13.1. The van der Waals surface area contributed by atoms with Crippen molar-refractivity contribution >= 4 is 11.3 Å². The Morgan fingerprint density at radius 1 is 1.19 bits per heavy atom. The summed E-state index contributed by atoms with van der Waals surface area (Å²) in [6.07, 6.45) is -3.67. The number of thiophene rings is 1.